The van der Waals surface area contributed by atoms with Crippen LogP contribution in [-0.4, -0.2) is 28.8 Å². The van der Waals surface area contributed by atoms with Crippen molar-refractivity contribution in [2.45, 2.75) is 19.8 Å². The van der Waals surface area contributed by atoms with Crippen LogP contribution in [0.1, 0.15) is 30.1 Å². The summed E-state index contributed by atoms with van der Waals surface area (Å²) in [5.74, 6) is 0.0502. The maximum atomic E-state index is 12.9. The van der Waals surface area contributed by atoms with Crippen LogP contribution in [0.15, 0.2) is 42.5 Å². The topological polar surface area (TPSA) is 119 Å². The number of nitrogens with one attached hydrogen (secondary N) is 1. The summed E-state index contributed by atoms with van der Waals surface area (Å²) in [6.45, 7) is 3.69. The van der Waals surface area contributed by atoms with E-state index in [2.05, 4.69) is 12.2 Å². The Labute approximate surface area is 161 Å². The van der Waals surface area contributed by atoms with Crippen LogP contribution in [0, 0.1) is 26.1 Å². The Morgan fingerprint density at radius 3 is 2.32 bits per heavy atom. The fraction of sp³-hybridized carbons (Fsp3) is 0.316. The van der Waals surface area contributed by atoms with E-state index in [0.29, 0.717) is 11.6 Å². The number of piperidine rings is 1. The second-order valence-corrected chi connectivity index (χ2v) is 6.89. The van der Waals surface area contributed by atoms with E-state index in [0.717, 1.165) is 25.9 Å². The Balaban J connectivity index is 1.92. The highest BCUT2D eigenvalue weighted by atomic mass is 16.6. The van der Waals surface area contributed by atoms with Crippen molar-refractivity contribution in [3.05, 3.63) is 68.3 Å². The summed E-state index contributed by atoms with van der Waals surface area (Å²) >= 11 is 0. The number of carbonyl (C=O) groups is 1. The summed E-state index contributed by atoms with van der Waals surface area (Å²) in [6.07, 6.45) is 1.95. The molecule has 146 valence electrons. The van der Waals surface area contributed by atoms with Crippen molar-refractivity contribution in [3.8, 4) is 0 Å². The molecule has 0 radical (unpaired) electrons. The Kier molecular flexibility index (Phi) is 5.53. The molecule has 1 N–H and O–H groups in total. The van der Waals surface area contributed by atoms with E-state index in [1.54, 1.807) is 6.07 Å². The summed E-state index contributed by atoms with van der Waals surface area (Å²) in [6, 6.07) is 9.80. The molecule has 2 aromatic rings. The zero-order valence-corrected chi connectivity index (χ0v) is 15.3. The van der Waals surface area contributed by atoms with Crippen molar-refractivity contribution in [2.75, 3.05) is 23.3 Å². The number of non-ortho nitro benzene ring substituents is 2. The minimum absolute atomic E-state index is 0.151. The normalized spacial score (nSPS) is 14.5. The summed E-state index contributed by atoms with van der Waals surface area (Å²) in [5.41, 5.74) is 0.722. The Hall–Kier alpha value is -3.49. The molecule has 9 nitrogen and oxygen atoms in total. The highest BCUT2D eigenvalue weighted by molar-refractivity contribution is 6.08. The molecule has 1 saturated heterocycles. The average Bonchev–Trinajstić information content (AvgIpc) is 2.68. The molecule has 0 bridgehead atoms. The monoisotopic (exact) mass is 384 g/mol. The Bertz CT molecular complexity index is 922. The van der Waals surface area contributed by atoms with Crippen molar-refractivity contribution >= 4 is 28.7 Å². The van der Waals surface area contributed by atoms with Gasteiger partial charge in [0.05, 0.1) is 21.1 Å². The van der Waals surface area contributed by atoms with Crippen molar-refractivity contribution in [2.24, 2.45) is 5.92 Å². The Morgan fingerprint density at radius 2 is 1.68 bits per heavy atom. The number of rotatable bonds is 5. The lowest BCUT2D eigenvalue weighted by molar-refractivity contribution is -0.385. The van der Waals surface area contributed by atoms with Gasteiger partial charge in [0, 0.05) is 43.0 Å². The van der Waals surface area contributed by atoms with E-state index >= 15 is 0 Å². The van der Waals surface area contributed by atoms with Crippen LogP contribution in [0.2, 0.25) is 0 Å². The quantitative estimate of drug-likeness (QED) is 0.615. The number of hydrogen-bond donors (Lipinski definition) is 1. The second kappa shape index (κ2) is 8.03. The molecule has 1 amide bonds. The molecule has 0 unspecified atom stereocenters. The van der Waals surface area contributed by atoms with Gasteiger partial charge in [-0.15, -0.1) is 0 Å². The predicted octanol–water partition coefficient (Wildman–Crippen LogP) is 3.99. The largest absolute Gasteiger partial charge is 0.371 e. The van der Waals surface area contributed by atoms with E-state index in [9.17, 15) is 25.0 Å². The van der Waals surface area contributed by atoms with E-state index in [1.807, 2.05) is 4.90 Å². The molecular weight excluding hydrogens is 364 g/mol. The standard InChI is InChI=1S/C19H20N4O5/c1-13-7-9-21(10-8-13)18-6-5-16(23(27)28)12-17(18)19(24)20-14-3-2-4-15(11-14)22(25)26/h2-6,11-13H,7-10H2,1H3,(H,20,24). The van der Waals surface area contributed by atoms with Gasteiger partial charge >= 0.3 is 0 Å². The average molecular weight is 384 g/mol. The van der Waals surface area contributed by atoms with E-state index in [1.165, 1.54) is 36.4 Å². The van der Waals surface area contributed by atoms with Crippen LogP contribution in [0.5, 0.6) is 0 Å². The van der Waals surface area contributed by atoms with Gasteiger partial charge < -0.3 is 10.2 Å². The van der Waals surface area contributed by atoms with Gasteiger partial charge in [0.25, 0.3) is 17.3 Å². The first kappa shape index (κ1) is 19.3. The van der Waals surface area contributed by atoms with Gasteiger partial charge in [-0.2, -0.15) is 0 Å². The van der Waals surface area contributed by atoms with Crippen LogP contribution in [0.25, 0.3) is 0 Å². The van der Waals surface area contributed by atoms with Crippen molar-refractivity contribution in [1.29, 1.82) is 0 Å². The van der Waals surface area contributed by atoms with Crippen LogP contribution < -0.4 is 10.2 Å². The lowest BCUT2D eigenvalue weighted by Gasteiger charge is -2.33. The van der Waals surface area contributed by atoms with Crippen molar-refractivity contribution in [3.63, 3.8) is 0 Å². The molecule has 1 aliphatic rings. The van der Waals surface area contributed by atoms with E-state index < -0.39 is 15.8 Å². The van der Waals surface area contributed by atoms with E-state index in [4.69, 9.17) is 0 Å². The number of amides is 1. The number of nitrogens with zero attached hydrogens (tertiary/aromatic N) is 3. The van der Waals surface area contributed by atoms with Gasteiger partial charge in [-0.25, -0.2) is 0 Å². The maximum absolute atomic E-state index is 12.9. The molecule has 0 aromatic heterocycles. The lowest BCUT2D eigenvalue weighted by Crippen LogP contribution is -2.34. The van der Waals surface area contributed by atoms with Gasteiger partial charge in [0.2, 0.25) is 0 Å². The number of benzene rings is 2. The zero-order valence-electron chi connectivity index (χ0n) is 15.3. The molecule has 1 fully saturated rings. The van der Waals surface area contributed by atoms with Crippen LogP contribution in [0.4, 0.5) is 22.7 Å². The van der Waals surface area contributed by atoms with Crippen LogP contribution in [0.3, 0.4) is 0 Å². The molecular formula is C19H20N4O5. The minimum Gasteiger partial charge on any atom is -0.371 e. The number of carbonyl (C=O) groups excluding carboxylic acids is 1. The molecule has 0 aliphatic carbocycles. The fourth-order valence-electron chi connectivity index (χ4n) is 3.24. The smallest absolute Gasteiger partial charge is 0.271 e. The summed E-state index contributed by atoms with van der Waals surface area (Å²) in [7, 11) is 0. The summed E-state index contributed by atoms with van der Waals surface area (Å²) in [4.78, 5) is 35.9. The third-order valence-electron chi connectivity index (χ3n) is 4.87. The molecule has 2 aromatic carbocycles. The fourth-order valence-corrected chi connectivity index (χ4v) is 3.24. The first-order valence-electron chi connectivity index (χ1n) is 8.94. The van der Waals surface area contributed by atoms with Crippen molar-refractivity contribution in [1.82, 2.24) is 0 Å². The summed E-state index contributed by atoms with van der Waals surface area (Å²) < 4.78 is 0. The molecule has 9 heteroatoms. The highest BCUT2D eigenvalue weighted by Crippen LogP contribution is 2.30. The van der Waals surface area contributed by atoms with Crippen LogP contribution >= 0.6 is 0 Å². The number of nitro benzene ring substituents is 2. The first-order valence-corrected chi connectivity index (χ1v) is 8.94. The van der Waals surface area contributed by atoms with Gasteiger partial charge in [-0.3, -0.25) is 25.0 Å². The molecule has 0 atom stereocenters. The molecule has 1 aliphatic heterocycles. The van der Waals surface area contributed by atoms with E-state index in [-0.39, 0.29) is 22.6 Å². The Morgan fingerprint density at radius 1 is 1.04 bits per heavy atom. The first-order chi connectivity index (χ1) is 13.3. The van der Waals surface area contributed by atoms with Gasteiger partial charge in [-0.05, 0) is 30.9 Å². The van der Waals surface area contributed by atoms with Crippen LogP contribution in [-0.2, 0) is 0 Å². The van der Waals surface area contributed by atoms with Gasteiger partial charge in [0.1, 0.15) is 0 Å². The second-order valence-electron chi connectivity index (χ2n) is 6.89. The zero-order chi connectivity index (χ0) is 20.3. The molecule has 1 heterocycles. The highest BCUT2D eigenvalue weighted by Gasteiger charge is 2.24. The van der Waals surface area contributed by atoms with Crippen molar-refractivity contribution < 1.29 is 14.6 Å². The minimum atomic E-state index is -0.552. The lowest BCUT2D eigenvalue weighted by atomic mass is 9.98. The third-order valence-corrected chi connectivity index (χ3v) is 4.87. The maximum Gasteiger partial charge on any atom is 0.271 e. The molecule has 0 spiro atoms. The number of anilines is 2. The predicted molar refractivity (Wildman–Crippen MR) is 105 cm³/mol. The van der Waals surface area contributed by atoms with Gasteiger partial charge in [-0.1, -0.05) is 13.0 Å². The molecule has 3 rings (SSSR count). The molecule has 0 saturated carbocycles. The number of nitro groups is 2. The summed E-state index contributed by atoms with van der Waals surface area (Å²) in [5, 5.41) is 24.7. The number of hydrogen-bond acceptors (Lipinski definition) is 6. The third kappa shape index (κ3) is 4.25. The molecule has 28 heavy (non-hydrogen) atoms. The van der Waals surface area contributed by atoms with Gasteiger partial charge in [0.15, 0.2) is 0 Å². The SMILES string of the molecule is CC1CCN(c2ccc([N+](=O)[O-])cc2C(=O)Nc2cccc([N+](=O)[O-])c2)CC1.